The first-order chi connectivity index (χ1) is 11.5. The number of nitrogens with two attached hydrogens (primary N) is 1. The summed E-state index contributed by atoms with van der Waals surface area (Å²) in [7, 11) is 1.60. The largest absolute Gasteiger partial charge is 0.497 e. The molecule has 0 aliphatic heterocycles. The maximum absolute atomic E-state index is 11.8. The number of carbonyl (C=O) groups is 1. The molecule has 5 nitrogen and oxygen atoms in total. The summed E-state index contributed by atoms with van der Waals surface area (Å²) in [5, 5.41) is 4.13. The van der Waals surface area contributed by atoms with Gasteiger partial charge in [0.15, 0.2) is 0 Å². The van der Waals surface area contributed by atoms with E-state index in [9.17, 15) is 4.79 Å². The normalized spacial score (nSPS) is 10.6. The highest BCUT2D eigenvalue weighted by molar-refractivity contribution is 9.10. The van der Waals surface area contributed by atoms with Gasteiger partial charge in [-0.2, -0.15) is 0 Å². The van der Waals surface area contributed by atoms with Crippen molar-refractivity contribution in [1.29, 1.82) is 0 Å². The van der Waals surface area contributed by atoms with E-state index in [2.05, 4.69) is 26.2 Å². The quantitative estimate of drug-likeness (QED) is 0.706. The number of fused-ring (bicyclic) bond motifs is 1. The molecule has 0 radical (unpaired) electrons. The molecule has 1 amide bonds. The first kappa shape index (κ1) is 16.3. The standard InChI is InChI=1S/C18H16BrN3O2/c1-10-7-11(19)3-6-15(10)22-17-13-5-4-12(24-2)8-16(13)21-9-14(17)18(20)23/h3-9H,1-2H3,(H2,20,23)(H,21,22). The van der Waals surface area contributed by atoms with Crippen LogP contribution in [0.1, 0.15) is 15.9 Å². The van der Waals surface area contributed by atoms with E-state index in [1.165, 1.54) is 6.20 Å². The van der Waals surface area contributed by atoms with Crippen LogP contribution in [0.25, 0.3) is 10.9 Å². The Morgan fingerprint density at radius 1 is 1.25 bits per heavy atom. The molecule has 3 N–H and O–H groups in total. The molecule has 0 unspecified atom stereocenters. The number of benzene rings is 2. The number of amides is 1. The van der Waals surface area contributed by atoms with Crippen LogP contribution in [0, 0.1) is 6.92 Å². The number of carbonyl (C=O) groups excluding carboxylic acids is 1. The maximum atomic E-state index is 11.8. The summed E-state index contributed by atoms with van der Waals surface area (Å²) in [5.41, 5.74) is 9.16. The van der Waals surface area contributed by atoms with Crippen molar-refractivity contribution in [3.8, 4) is 5.75 Å². The van der Waals surface area contributed by atoms with Crippen molar-refractivity contribution in [3.05, 3.63) is 58.2 Å². The molecule has 0 bridgehead atoms. The lowest BCUT2D eigenvalue weighted by Gasteiger charge is -2.15. The highest BCUT2D eigenvalue weighted by Crippen LogP contribution is 2.32. The van der Waals surface area contributed by atoms with Gasteiger partial charge in [-0.1, -0.05) is 15.9 Å². The Morgan fingerprint density at radius 3 is 2.71 bits per heavy atom. The van der Waals surface area contributed by atoms with E-state index in [4.69, 9.17) is 10.5 Å². The predicted octanol–water partition coefficient (Wildman–Crippen LogP) is 4.16. The number of anilines is 2. The van der Waals surface area contributed by atoms with Gasteiger partial charge in [0.2, 0.25) is 0 Å². The number of hydrogen-bond acceptors (Lipinski definition) is 4. The first-order valence-electron chi connectivity index (χ1n) is 7.29. The van der Waals surface area contributed by atoms with Crippen molar-refractivity contribution in [2.24, 2.45) is 5.73 Å². The minimum Gasteiger partial charge on any atom is -0.497 e. The lowest BCUT2D eigenvalue weighted by atomic mass is 10.1. The van der Waals surface area contributed by atoms with Gasteiger partial charge in [0, 0.05) is 27.8 Å². The van der Waals surface area contributed by atoms with E-state index in [1.807, 2.05) is 43.3 Å². The zero-order valence-corrected chi connectivity index (χ0v) is 14.8. The smallest absolute Gasteiger partial charge is 0.252 e. The molecule has 0 saturated carbocycles. The third-order valence-electron chi connectivity index (χ3n) is 3.79. The average molecular weight is 386 g/mol. The van der Waals surface area contributed by atoms with Crippen LogP contribution in [0.15, 0.2) is 47.1 Å². The van der Waals surface area contributed by atoms with Gasteiger partial charge >= 0.3 is 0 Å². The fraction of sp³-hybridized carbons (Fsp3) is 0.111. The van der Waals surface area contributed by atoms with Crippen LogP contribution in [-0.4, -0.2) is 18.0 Å². The van der Waals surface area contributed by atoms with Crippen molar-refractivity contribution in [3.63, 3.8) is 0 Å². The number of aromatic nitrogens is 1. The zero-order valence-electron chi connectivity index (χ0n) is 13.3. The lowest BCUT2D eigenvalue weighted by Crippen LogP contribution is -2.14. The van der Waals surface area contributed by atoms with Crippen molar-refractivity contribution in [2.75, 3.05) is 12.4 Å². The molecule has 3 rings (SSSR count). The molecule has 0 spiro atoms. The summed E-state index contributed by atoms with van der Waals surface area (Å²) in [6, 6.07) is 11.4. The fourth-order valence-corrected chi connectivity index (χ4v) is 3.00. The van der Waals surface area contributed by atoms with Crippen LogP contribution < -0.4 is 15.8 Å². The highest BCUT2D eigenvalue weighted by Gasteiger charge is 2.15. The van der Waals surface area contributed by atoms with Gasteiger partial charge in [-0.15, -0.1) is 0 Å². The van der Waals surface area contributed by atoms with E-state index in [0.29, 0.717) is 17.0 Å². The highest BCUT2D eigenvalue weighted by atomic mass is 79.9. The SMILES string of the molecule is COc1ccc2c(Nc3ccc(Br)cc3C)c(C(N)=O)cnc2c1. The van der Waals surface area contributed by atoms with E-state index in [0.717, 1.165) is 26.6 Å². The summed E-state index contributed by atoms with van der Waals surface area (Å²) in [6.45, 7) is 1.99. The number of methoxy groups -OCH3 is 1. The number of nitrogens with one attached hydrogen (secondary N) is 1. The van der Waals surface area contributed by atoms with Gasteiger partial charge in [0.05, 0.1) is 23.9 Å². The fourth-order valence-electron chi connectivity index (χ4n) is 2.52. The molecule has 24 heavy (non-hydrogen) atoms. The van der Waals surface area contributed by atoms with Gasteiger partial charge < -0.3 is 15.8 Å². The monoisotopic (exact) mass is 385 g/mol. The third-order valence-corrected chi connectivity index (χ3v) is 4.28. The molecule has 6 heteroatoms. The van der Waals surface area contributed by atoms with Crippen LogP contribution in [0.2, 0.25) is 0 Å². The van der Waals surface area contributed by atoms with Crippen LogP contribution in [0.4, 0.5) is 11.4 Å². The van der Waals surface area contributed by atoms with Gasteiger partial charge in [-0.05, 0) is 42.8 Å². The number of primary amides is 1. The molecule has 3 aromatic rings. The molecule has 1 heterocycles. The second kappa shape index (κ2) is 6.49. The van der Waals surface area contributed by atoms with E-state index in [1.54, 1.807) is 7.11 Å². The van der Waals surface area contributed by atoms with Gasteiger partial charge in [-0.25, -0.2) is 0 Å². The molecule has 0 saturated heterocycles. The van der Waals surface area contributed by atoms with Gasteiger partial charge in [0.25, 0.3) is 5.91 Å². The van der Waals surface area contributed by atoms with E-state index < -0.39 is 5.91 Å². The Hall–Kier alpha value is -2.60. The van der Waals surface area contributed by atoms with Gasteiger partial charge in [0.1, 0.15) is 5.75 Å². The van der Waals surface area contributed by atoms with E-state index in [-0.39, 0.29) is 0 Å². The molecule has 0 fully saturated rings. The summed E-state index contributed by atoms with van der Waals surface area (Å²) in [6.07, 6.45) is 1.49. The van der Waals surface area contributed by atoms with E-state index >= 15 is 0 Å². The predicted molar refractivity (Wildman–Crippen MR) is 99.0 cm³/mol. The third kappa shape index (κ3) is 3.05. The van der Waals surface area contributed by atoms with Crippen LogP contribution in [0.3, 0.4) is 0 Å². The lowest BCUT2D eigenvalue weighted by molar-refractivity contribution is 0.100. The van der Waals surface area contributed by atoms with Crippen LogP contribution in [0.5, 0.6) is 5.75 Å². The molecule has 122 valence electrons. The molecule has 1 aromatic heterocycles. The van der Waals surface area contributed by atoms with Crippen LogP contribution in [-0.2, 0) is 0 Å². The minimum absolute atomic E-state index is 0.343. The molecule has 0 aliphatic rings. The van der Waals surface area contributed by atoms with Crippen molar-refractivity contribution < 1.29 is 9.53 Å². The first-order valence-corrected chi connectivity index (χ1v) is 8.08. The number of ether oxygens (including phenoxy) is 1. The molecular formula is C18H16BrN3O2. The van der Waals surface area contributed by atoms with Crippen molar-refractivity contribution >= 4 is 44.1 Å². The Labute approximate surface area is 148 Å². The number of pyridine rings is 1. The summed E-state index contributed by atoms with van der Waals surface area (Å²) < 4.78 is 6.22. The van der Waals surface area contributed by atoms with Crippen LogP contribution >= 0.6 is 15.9 Å². The van der Waals surface area contributed by atoms with Crippen molar-refractivity contribution in [1.82, 2.24) is 4.98 Å². The Morgan fingerprint density at radius 2 is 2.04 bits per heavy atom. The zero-order chi connectivity index (χ0) is 17.3. The number of hydrogen-bond donors (Lipinski definition) is 2. The number of aryl methyl sites for hydroxylation is 1. The minimum atomic E-state index is -0.530. The Kier molecular flexibility index (Phi) is 4.40. The van der Waals surface area contributed by atoms with Gasteiger partial charge in [-0.3, -0.25) is 9.78 Å². The Balaban J connectivity index is 2.19. The molecule has 0 atom stereocenters. The Bertz CT molecular complexity index is 941. The maximum Gasteiger partial charge on any atom is 0.252 e. The number of rotatable bonds is 4. The summed E-state index contributed by atoms with van der Waals surface area (Å²) in [5.74, 6) is 0.171. The summed E-state index contributed by atoms with van der Waals surface area (Å²) in [4.78, 5) is 16.1. The second-order valence-corrected chi connectivity index (χ2v) is 6.29. The van der Waals surface area contributed by atoms with Crippen molar-refractivity contribution in [2.45, 2.75) is 6.92 Å². The number of nitrogens with zero attached hydrogens (tertiary/aromatic N) is 1. The molecule has 2 aromatic carbocycles. The second-order valence-electron chi connectivity index (χ2n) is 5.38. The molecule has 0 aliphatic carbocycles. The average Bonchev–Trinajstić information content (AvgIpc) is 2.56. The topological polar surface area (TPSA) is 77.2 Å². The molecular weight excluding hydrogens is 370 g/mol. The number of halogens is 1. The summed E-state index contributed by atoms with van der Waals surface area (Å²) >= 11 is 3.45.